The Morgan fingerprint density at radius 2 is 2.00 bits per heavy atom. The predicted octanol–water partition coefficient (Wildman–Crippen LogP) is 0.145. The van der Waals surface area contributed by atoms with Gasteiger partial charge in [0, 0.05) is 5.92 Å². The normalized spacial score (nSPS) is 32.3. The molecule has 1 aliphatic rings. The molecule has 0 saturated heterocycles. The van der Waals surface area contributed by atoms with Gasteiger partial charge in [0.2, 0.25) is 0 Å². The van der Waals surface area contributed by atoms with E-state index in [0.29, 0.717) is 0 Å². The fourth-order valence-electron chi connectivity index (χ4n) is 2.11. The maximum Gasteiger partial charge on any atom is 0.320 e. The Labute approximate surface area is 81.9 Å². The third-order valence-electron chi connectivity index (χ3n) is 2.84. The van der Waals surface area contributed by atoms with E-state index < -0.39 is 23.9 Å². The highest BCUT2D eigenvalue weighted by molar-refractivity contribution is 5.80. The van der Waals surface area contributed by atoms with Crippen LogP contribution in [0.3, 0.4) is 0 Å². The minimum Gasteiger partial charge on any atom is -0.481 e. The average molecular weight is 201 g/mol. The molecular formula is C9H15NO4. The van der Waals surface area contributed by atoms with Gasteiger partial charge in [-0.05, 0) is 12.3 Å². The topological polar surface area (TPSA) is 101 Å². The van der Waals surface area contributed by atoms with Gasteiger partial charge in [-0.15, -0.1) is 0 Å². The fraction of sp³-hybridized carbons (Fsp3) is 0.778. The van der Waals surface area contributed by atoms with Gasteiger partial charge < -0.3 is 15.9 Å². The smallest absolute Gasteiger partial charge is 0.320 e. The first-order valence-corrected chi connectivity index (χ1v) is 4.71. The van der Waals surface area contributed by atoms with Crippen molar-refractivity contribution < 1.29 is 19.8 Å². The molecule has 0 spiro atoms. The summed E-state index contributed by atoms with van der Waals surface area (Å²) < 4.78 is 0. The third kappa shape index (κ3) is 1.87. The van der Waals surface area contributed by atoms with Crippen molar-refractivity contribution in [3.8, 4) is 0 Å². The van der Waals surface area contributed by atoms with Crippen molar-refractivity contribution in [1.82, 2.24) is 0 Å². The highest BCUT2D eigenvalue weighted by atomic mass is 16.4. The van der Waals surface area contributed by atoms with Crippen LogP contribution in [0.2, 0.25) is 0 Å². The summed E-state index contributed by atoms with van der Waals surface area (Å²) in [4.78, 5) is 21.3. The molecular weight excluding hydrogens is 186 g/mol. The summed E-state index contributed by atoms with van der Waals surface area (Å²) >= 11 is 0. The monoisotopic (exact) mass is 201 g/mol. The molecule has 0 bridgehead atoms. The van der Waals surface area contributed by atoms with Crippen LogP contribution in [0.15, 0.2) is 0 Å². The molecule has 1 saturated carbocycles. The molecule has 0 aromatic heterocycles. The van der Waals surface area contributed by atoms with Gasteiger partial charge in [-0.3, -0.25) is 9.59 Å². The molecule has 1 aliphatic carbocycles. The molecule has 5 nitrogen and oxygen atoms in total. The summed E-state index contributed by atoms with van der Waals surface area (Å²) in [6.07, 6.45) is 1.60. The summed E-state index contributed by atoms with van der Waals surface area (Å²) in [5, 5.41) is 17.5. The minimum atomic E-state index is -1.11. The second-order valence-electron chi connectivity index (χ2n) is 3.76. The molecule has 0 unspecified atom stereocenters. The molecule has 0 aliphatic heterocycles. The molecule has 80 valence electrons. The molecule has 5 heteroatoms. The molecule has 0 aromatic rings. The third-order valence-corrected chi connectivity index (χ3v) is 2.84. The maximum atomic E-state index is 10.7. The number of aliphatic carboxylic acids is 2. The molecule has 0 aromatic carbocycles. The van der Waals surface area contributed by atoms with E-state index in [4.69, 9.17) is 15.9 Å². The lowest BCUT2D eigenvalue weighted by molar-refractivity contribution is -0.140. The highest BCUT2D eigenvalue weighted by Crippen LogP contribution is 2.50. The first kappa shape index (κ1) is 11.0. The van der Waals surface area contributed by atoms with Crippen molar-refractivity contribution in [1.29, 1.82) is 0 Å². The van der Waals surface area contributed by atoms with Gasteiger partial charge in [0.1, 0.15) is 6.04 Å². The zero-order chi connectivity index (χ0) is 10.9. The molecule has 4 N–H and O–H groups in total. The Morgan fingerprint density at radius 3 is 2.36 bits per heavy atom. The van der Waals surface area contributed by atoms with Crippen LogP contribution in [0.5, 0.6) is 0 Å². The Morgan fingerprint density at radius 1 is 1.43 bits per heavy atom. The van der Waals surface area contributed by atoms with Crippen molar-refractivity contribution >= 4 is 11.9 Å². The Balaban J connectivity index is 2.62. The van der Waals surface area contributed by atoms with E-state index in [1.807, 2.05) is 6.92 Å². The molecule has 1 rings (SSSR count). The van der Waals surface area contributed by atoms with Gasteiger partial charge in [0.15, 0.2) is 0 Å². The van der Waals surface area contributed by atoms with Crippen LogP contribution in [0.4, 0.5) is 0 Å². The number of nitrogens with two attached hydrogens (primary N) is 1. The van der Waals surface area contributed by atoms with Crippen molar-refractivity contribution in [3.63, 3.8) is 0 Å². The lowest BCUT2D eigenvalue weighted by atomic mass is 10.1. The minimum absolute atomic E-state index is 0.0522. The van der Waals surface area contributed by atoms with Gasteiger partial charge in [0.25, 0.3) is 0 Å². The van der Waals surface area contributed by atoms with E-state index in [1.165, 1.54) is 0 Å². The second kappa shape index (κ2) is 3.96. The Bertz CT molecular complexity index is 253. The lowest BCUT2D eigenvalue weighted by Gasteiger charge is -2.03. The van der Waals surface area contributed by atoms with Crippen LogP contribution in [0.1, 0.15) is 19.8 Å². The summed E-state index contributed by atoms with van der Waals surface area (Å²) in [5.41, 5.74) is 5.41. The van der Waals surface area contributed by atoms with Crippen molar-refractivity contribution in [2.24, 2.45) is 23.5 Å². The van der Waals surface area contributed by atoms with Crippen LogP contribution >= 0.6 is 0 Å². The number of rotatable bonds is 5. The summed E-state index contributed by atoms with van der Waals surface area (Å²) in [5.74, 6) is -3.03. The van der Waals surface area contributed by atoms with Crippen LogP contribution in [-0.2, 0) is 9.59 Å². The number of hydrogen-bond donors (Lipinski definition) is 3. The molecule has 1 fully saturated rings. The van der Waals surface area contributed by atoms with E-state index >= 15 is 0 Å². The fourth-order valence-corrected chi connectivity index (χ4v) is 2.11. The highest BCUT2D eigenvalue weighted by Gasteiger charge is 2.58. The maximum absolute atomic E-state index is 10.7. The van der Waals surface area contributed by atoms with Crippen molar-refractivity contribution in [2.45, 2.75) is 25.8 Å². The number of carbonyl (C=O) groups is 2. The zero-order valence-corrected chi connectivity index (χ0v) is 8.01. The van der Waals surface area contributed by atoms with E-state index in [9.17, 15) is 9.59 Å². The van der Waals surface area contributed by atoms with Gasteiger partial charge in [-0.2, -0.15) is 0 Å². The molecule has 14 heavy (non-hydrogen) atoms. The van der Waals surface area contributed by atoms with Gasteiger partial charge in [-0.1, -0.05) is 13.3 Å². The van der Waals surface area contributed by atoms with Crippen LogP contribution in [-0.4, -0.2) is 28.2 Å². The van der Waals surface area contributed by atoms with E-state index in [2.05, 4.69) is 0 Å². The first-order valence-electron chi connectivity index (χ1n) is 4.71. The zero-order valence-electron chi connectivity index (χ0n) is 8.01. The van der Waals surface area contributed by atoms with Crippen LogP contribution in [0.25, 0.3) is 0 Å². The van der Waals surface area contributed by atoms with E-state index in [0.717, 1.165) is 12.8 Å². The largest absolute Gasteiger partial charge is 0.481 e. The number of carboxylic acid groups (broad SMARTS) is 2. The van der Waals surface area contributed by atoms with Crippen molar-refractivity contribution in [2.75, 3.05) is 0 Å². The van der Waals surface area contributed by atoms with Gasteiger partial charge >= 0.3 is 11.9 Å². The van der Waals surface area contributed by atoms with Gasteiger partial charge in [-0.25, -0.2) is 0 Å². The Kier molecular flexibility index (Phi) is 3.10. The number of hydrogen-bond acceptors (Lipinski definition) is 3. The lowest BCUT2D eigenvalue weighted by Crippen LogP contribution is -2.34. The predicted molar refractivity (Wildman–Crippen MR) is 48.6 cm³/mol. The van der Waals surface area contributed by atoms with Gasteiger partial charge in [0.05, 0.1) is 5.92 Å². The second-order valence-corrected chi connectivity index (χ2v) is 3.76. The van der Waals surface area contributed by atoms with Crippen LogP contribution in [0, 0.1) is 17.8 Å². The summed E-state index contributed by atoms with van der Waals surface area (Å²) in [6, 6.07) is -1.03. The summed E-state index contributed by atoms with van der Waals surface area (Å²) in [7, 11) is 0. The molecule has 0 amide bonds. The first-order chi connectivity index (χ1) is 6.50. The molecule has 0 heterocycles. The summed E-state index contributed by atoms with van der Waals surface area (Å²) in [6.45, 7) is 1.95. The molecule has 0 radical (unpaired) electrons. The Hall–Kier alpha value is -1.10. The quantitative estimate of drug-likeness (QED) is 0.587. The van der Waals surface area contributed by atoms with Crippen molar-refractivity contribution in [3.05, 3.63) is 0 Å². The molecule has 4 atom stereocenters. The standard InChI is InChI=1S/C9H15NO4/c1-2-3-4-5(6(4)8(11)12)7(10)9(13)14/h4-7H,2-3,10H2,1H3,(H,11,12)(H,13,14)/t4-,5-,6-,7+/m1/s1. The van der Waals surface area contributed by atoms with Crippen LogP contribution < -0.4 is 5.73 Å². The number of carboxylic acids is 2. The van der Waals surface area contributed by atoms with E-state index in [-0.39, 0.29) is 11.8 Å². The average Bonchev–Trinajstić information content (AvgIpc) is 2.78. The van der Waals surface area contributed by atoms with E-state index in [1.54, 1.807) is 0 Å². The SMILES string of the molecule is CCC[C@H]1[C@@H](C(=O)O)[C@@H]1[C@H](N)C(=O)O.